The van der Waals surface area contributed by atoms with Gasteiger partial charge in [-0.25, -0.2) is 4.98 Å². The minimum atomic E-state index is -0.409. The number of rotatable bonds is 2. The number of hydrogen-bond acceptors (Lipinski definition) is 3. The molecule has 0 saturated carbocycles. The van der Waals surface area contributed by atoms with Crippen LogP contribution in [0.25, 0.3) is 11.0 Å². The quantitative estimate of drug-likeness (QED) is 0.766. The molecule has 5 rings (SSSR count). The van der Waals surface area contributed by atoms with E-state index in [1.807, 2.05) is 12.4 Å². The van der Waals surface area contributed by atoms with Crippen LogP contribution in [0.4, 0.5) is 0 Å². The van der Waals surface area contributed by atoms with Crippen molar-refractivity contribution in [2.45, 2.75) is 51.2 Å². The predicted molar refractivity (Wildman–Crippen MR) is 102 cm³/mol. The third kappa shape index (κ3) is 2.60. The maximum atomic E-state index is 9.88. The topological polar surface area (TPSA) is 47.3 Å². The first kappa shape index (κ1) is 15.9. The summed E-state index contributed by atoms with van der Waals surface area (Å²) in [5.41, 5.74) is 7.58. The van der Waals surface area contributed by atoms with Crippen molar-refractivity contribution in [1.29, 1.82) is 0 Å². The minimum Gasteiger partial charge on any atom is -0.491 e. The second kappa shape index (κ2) is 6.13. The smallest absolute Gasteiger partial charge is 0.122 e. The van der Waals surface area contributed by atoms with Crippen molar-refractivity contribution in [3.05, 3.63) is 58.9 Å². The number of imidazole rings is 1. The molecule has 0 spiro atoms. The summed E-state index contributed by atoms with van der Waals surface area (Å²) in [4.78, 5) is 4.67. The second-order valence-corrected chi connectivity index (χ2v) is 7.68. The molecule has 26 heavy (non-hydrogen) atoms. The highest BCUT2D eigenvalue weighted by Crippen LogP contribution is 2.32. The van der Waals surface area contributed by atoms with E-state index in [0.717, 1.165) is 16.8 Å². The summed E-state index contributed by atoms with van der Waals surface area (Å²) >= 11 is 0. The molecule has 0 fully saturated rings. The van der Waals surface area contributed by atoms with Crippen LogP contribution in [0.2, 0.25) is 0 Å². The number of aryl methyl sites for hydroxylation is 2. The second-order valence-electron chi connectivity index (χ2n) is 7.68. The average molecular weight is 348 g/mol. The molecule has 4 heteroatoms. The highest BCUT2D eigenvalue weighted by molar-refractivity contribution is 5.78. The Morgan fingerprint density at radius 3 is 2.77 bits per heavy atom. The van der Waals surface area contributed by atoms with Gasteiger partial charge in [-0.1, -0.05) is 6.07 Å². The molecule has 0 bridgehead atoms. The lowest BCUT2D eigenvalue weighted by Gasteiger charge is -2.24. The zero-order valence-corrected chi connectivity index (χ0v) is 15.1. The Morgan fingerprint density at radius 2 is 1.92 bits per heavy atom. The molecule has 0 amide bonds. The van der Waals surface area contributed by atoms with Crippen molar-refractivity contribution in [2.24, 2.45) is 0 Å². The molecule has 1 aliphatic carbocycles. The average Bonchev–Trinajstić information content (AvgIpc) is 3.07. The number of benzene rings is 2. The first-order valence-electron chi connectivity index (χ1n) is 9.61. The van der Waals surface area contributed by atoms with Gasteiger partial charge in [-0.3, -0.25) is 0 Å². The maximum absolute atomic E-state index is 9.88. The molecule has 2 aliphatic rings. The van der Waals surface area contributed by atoms with E-state index in [1.54, 1.807) is 0 Å². The van der Waals surface area contributed by atoms with E-state index >= 15 is 0 Å². The van der Waals surface area contributed by atoms with Crippen LogP contribution in [-0.2, 0) is 19.3 Å². The standard InChI is InChI=1S/C22H24N2O2/c1-14(15-6-7-22-18(8-15)9-19(25)12-26-22)24-13-23-20-10-16-4-2-3-5-17(16)11-21(20)24/h6-8,10-11,13-14,19,25H,2-5,9,12H2,1H3/t14-,19-/m1/s1. The first-order valence-corrected chi connectivity index (χ1v) is 9.61. The van der Waals surface area contributed by atoms with Gasteiger partial charge in [-0.2, -0.15) is 0 Å². The van der Waals surface area contributed by atoms with Crippen LogP contribution in [0.1, 0.15) is 48.1 Å². The van der Waals surface area contributed by atoms with Crippen molar-refractivity contribution in [2.75, 3.05) is 6.61 Å². The lowest BCUT2D eigenvalue weighted by Crippen LogP contribution is -2.25. The van der Waals surface area contributed by atoms with Crippen molar-refractivity contribution in [3.8, 4) is 5.75 Å². The van der Waals surface area contributed by atoms with Crippen LogP contribution in [0.15, 0.2) is 36.7 Å². The molecule has 134 valence electrons. The molecule has 2 atom stereocenters. The third-order valence-corrected chi connectivity index (χ3v) is 5.91. The number of ether oxygens (including phenoxy) is 1. The Labute approximate surface area is 153 Å². The summed E-state index contributed by atoms with van der Waals surface area (Å²) in [7, 11) is 0. The molecular weight excluding hydrogens is 324 g/mol. The van der Waals surface area contributed by atoms with E-state index in [4.69, 9.17) is 4.74 Å². The van der Waals surface area contributed by atoms with Gasteiger partial charge in [0.1, 0.15) is 12.4 Å². The largest absolute Gasteiger partial charge is 0.491 e. The Kier molecular flexibility index (Phi) is 3.75. The van der Waals surface area contributed by atoms with Gasteiger partial charge in [0.15, 0.2) is 0 Å². The van der Waals surface area contributed by atoms with Crippen LogP contribution in [0, 0.1) is 0 Å². The van der Waals surface area contributed by atoms with Crippen LogP contribution in [0.3, 0.4) is 0 Å². The summed E-state index contributed by atoms with van der Waals surface area (Å²) in [6, 6.07) is 11.2. The summed E-state index contributed by atoms with van der Waals surface area (Å²) in [5.74, 6) is 0.899. The molecule has 1 aromatic heterocycles. The van der Waals surface area contributed by atoms with Gasteiger partial charge >= 0.3 is 0 Å². The van der Waals surface area contributed by atoms with E-state index < -0.39 is 6.10 Å². The predicted octanol–water partition coefficient (Wildman–Crippen LogP) is 3.82. The monoisotopic (exact) mass is 348 g/mol. The number of aliphatic hydroxyl groups is 1. The van der Waals surface area contributed by atoms with Crippen LogP contribution >= 0.6 is 0 Å². The Bertz CT molecular complexity index is 976. The molecule has 1 N–H and O–H groups in total. The van der Waals surface area contributed by atoms with Gasteiger partial charge in [0.2, 0.25) is 0 Å². The van der Waals surface area contributed by atoms with Gasteiger partial charge in [0.25, 0.3) is 0 Å². The number of nitrogens with zero attached hydrogens (tertiary/aromatic N) is 2. The van der Waals surface area contributed by atoms with E-state index in [2.05, 4.69) is 40.7 Å². The Morgan fingerprint density at radius 1 is 1.12 bits per heavy atom. The minimum absolute atomic E-state index is 0.186. The van der Waals surface area contributed by atoms with E-state index in [-0.39, 0.29) is 6.04 Å². The molecule has 3 aromatic rings. The highest BCUT2D eigenvalue weighted by Gasteiger charge is 2.20. The maximum Gasteiger partial charge on any atom is 0.122 e. The van der Waals surface area contributed by atoms with Crippen LogP contribution in [-0.4, -0.2) is 27.4 Å². The fourth-order valence-electron chi connectivity index (χ4n) is 4.38. The van der Waals surface area contributed by atoms with Gasteiger partial charge < -0.3 is 14.4 Å². The molecule has 0 unspecified atom stereocenters. The first-order chi connectivity index (χ1) is 12.7. The fourth-order valence-corrected chi connectivity index (χ4v) is 4.38. The van der Waals surface area contributed by atoms with Crippen molar-refractivity contribution in [1.82, 2.24) is 9.55 Å². The zero-order valence-electron chi connectivity index (χ0n) is 15.1. The number of aromatic nitrogens is 2. The van der Waals surface area contributed by atoms with E-state index in [1.165, 1.54) is 47.9 Å². The van der Waals surface area contributed by atoms with Gasteiger partial charge in [-0.05, 0) is 79.1 Å². The molecule has 4 nitrogen and oxygen atoms in total. The summed E-state index contributed by atoms with van der Waals surface area (Å²) in [5, 5.41) is 9.88. The van der Waals surface area contributed by atoms with E-state index in [0.29, 0.717) is 13.0 Å². The van der Waals surface area contributed by atoms with Crippen molar-refractivity contribution in [3.63, 3.8) is 0 Å². The summed E-state index contributed by atoms with van der Waals surface area (Å²) in [6.45, 7) is 2.60. The SMILES string of the molecule is C[C@H](c1ccc2c(c1)C[C@@H](O)CO2)n1cnc2cc3c(cc21)CCCC3. The van der Waals surface area contributed by atoms with E-state index in [9.17, 15) is 5.11 Å². The fraction of sp³-hybridized carbons (Fsp3) is 0.409. The molecule has 0 saturated heterocycles. The Balaban J connectivity index is 1.54. The number of aliphatic hydroxyl groups excluding tert-OH is 1. The molecule has 0 radical (unpaired) electrons. The van der Waals surface area contributed by atoms with Crippen molar-refractivity contribution < 1.29 is 9.84 Å². The third-order valence-electron chi connectivity index (χ3n) is 5.91. The molecule has 2 aromatic carbocycles. The molecular formula is C22H24N2O2. The zero-order chi connectivity index (χ0) is 17.7. The lowest BCUT2D eigenvalue weighted by atomic mass is 9.91. The number of hydrogen-bond donors (Lipinski definition) is 1. The molecule has 1 aliphatic heterocycles. The lowest BCUT2D eigenvalue weighted by molar-refractivity contribution is 0.0920. The normalized spacial score (nSPS) is 20.3. The van der Waals surface area contributed by atoms with Crippen LogP contribution < -0.4 is 4.74 Å². The number of fused-ring (bicyclic) bond motifs is 3. The summed E-state index contributed by atoms with van der Waals surface area (Å²) in [6.07, 6.45) is 7.15. The van der Waals surface area contributed by atoms with Crippen molar-refractivity contribution >= 4 is 11.0 Å². The highest BCUT2D eigenvalue weighted by atomic mass is 16.5. The molecule has 2 heterocycles. The van der Waals surface area contributed by atoms with Gasteiger partial charge in [0.05, 0.1) is 29.5 Å². The Hall–Kier alpha value is -2.33. The van der Waals surface area contributed by atoms with Gasteiger partial charge in [-0.15, -0.1) is 0 Å². The van der Waals surface area contributed by atoms with Crippen LogP contribution in [0.5, 0.6) is 5.75 Å². The van der Waals surface area contributed by atoms with Gasteiger partial charge in [0, 0.05) is 6.42 Å². The summed E-state index contributed by atoms with van der Waals surface area (Å²) < 4.78 is 7.89.